The van der Waals surface area contributed by atoms with Crippen molar-refractivity contribution in [2.24, 2.45) is 7.05 Å². The van der Waals surface area contributed by atoms with Gasteiger partial charge in [-0.3, -0.25) is 14.4 Å². The molecule has 0 unspecified atom stereocenters. The molecule has 0 saturated carbocycles. The van der Waals surface area contributed by atoms with Gasteiger partial charge in [0.05, 0.1) is 16.6 Å². The highest BCUT2D eigenvalue weighted by Crippen LogP contribution is 2.26. The molecule has 8 nitrogen and oxygen atoms in total. The molecule has 0 radical (unpaired) electrons. The first-order chi connectivity index (χ1) is 16.0. The van der Waals surface area contributed by atoms with Gasteiger partial charge in [-0.1, -0.05) is 37.3 Å². The first kappa shape index (κ1) is 22.5. The molecule has 3 amide bonds. The van der Waals surface area contributed by atoms with Crippen LogP contribution in [0.2, 0.25) is 0 Å². The van der Waals surface area contributed by atoms with Gasteiger partial charge in [-0.15, -0.1) is 0 Å². The zero-order valence-electron chi connectivity index (χ0n) is 19.0. The number of fused-ring (bicyclic) bond motifs is 1. The van der Waals surface area contributed by atoms with Crippen molar-refractivity contribution in [2.75, 3.05) is 11.9 Å². The summed E-state index contributed by atoms with van der Waals surface area (Å²) < 4.78 is 1.91. The molecule has 2 aromatic carbocycles. The van der Waals surface area contributed by atoms with Crippen LogP contribution in [0.4, 0.5) is 5.69 Å². The number of rotatable bonds is 6. The van der Waals surface area contributed by atoms with Crippen LogP contribution in [0.3, 0.4) is 0 Å². The molecule has 172 valence electrons. The predicted octanol–water partition coefficient (Wildman–Crippen LogP) is 2.91. The van der Waals surface area contributed by atoms with Gasteiger partial charge in [-0.2, -0.15) is 0 Å². The van der Waals surface area contributed by atoms with E-state index in [4.69, 9.17) is 4.98 Å². The van der Waals surface area contributed by atoms with Gasteiger partial charge in [0.25, 0.3) is 5.91 Å². The molecule has 0 bridgehead atoms. The number of hydrogen-bond donors (Lipinski definition) is 3. The molecular formula is C25H29N5O3. The quantitative estimate of drug-likeness (QED) is 0.540. The van der Waals surface area contributed by atoms with E-state index in [0.717, 1.165) is 24.2 Å². The van der Waals surface area contributed by atoms with Crippen molar-refractivity contribution in [3.63, 3.8) is 0 Å². The van der Waals surface area contributed by atoms with Gasteiger partial charge < -0.3 is 20.5 Å². The monoisotopic (exact) mass is 447 g/mol. The topological polar surface area (TPSA) is 105 Å². The highest BCUT2D eigenvalue weighted by molar-refractivity contribution is 6.08. The van der Waals surface area contributed by atoms with Crippen LogP contribution in [0.5, 0.6) is 0 Å². The van der Waals surface area contributed by atoms with Gasteiger partial charge in [0.2, 0.25) is 11.8 Å². The van der Waals surface area contributed by atoms with Crippen LogP contribution in [-0.4, -0.2) is 39.9 Å². The molecule has 1 saturated heterocycles. The fraction of sp³-hybridized carbons (Fsp3) is 0.360. The SMILES string of the molecule is CCC(=O)Nc1cc(C(=O)N[C@H]2CCCCNC2=O)c2c(c1)nc(Cc1ccccc1)n2C. The van der Waals surface area contributed by atoms with Crippen LogP contribution in [0, 0.1) is 0 Å². The van der Waals surface area contributed by atoms with E-state index < -0.39 is 6.04 Å². The van der Waals surface area contributed by atoms with E-state index in [2.05, 4.69) is 16.0 Å². The second-order valence-corrected chi connectivity index (χ2v) is 8.36. The predicted molar refractivity (Wildman–Crippen MR) is 127 cm³/mol. The Balaban J connectivity index is 1.73. The Bertz CT molecular complexity index is 1190. The van der Waals surface area contributed by atoms with Crippen LogP contribution >= 0.6 is 0 Å². The summed E-state index contributed by atoms with van der Waals surface area (Å²) in [5, 5.41) is 8.57. The lowest BCUT2D eigenvalue weighted by molar-refractivity contribution is -0.122. The number of aryl methyl sites for hydroxylation is 1. The summed E-state index contributed by atoms with van der Waals surface area (Å²) in [4.78, 5) is 42.5. The van der Waals surface area contributed by atoms with E-state index >= 15 is 0 Å². The Morgan fingerprint density at radius 2 is 1.97 bits per heavy atom. The largest absolute Gasteiger partial charge is 0.354 e. The highest BCUT2D eigenvalue weighted by atomic mass is 16.2. The molecule has 8 heteroatoms. The molecular weight excluding hydrogens is 418 g/mol. The molecule has 4 rings (SSSR count). The van der Waals surface area contributed by atoms with Crippen molar-refractivity contribution in [1.82, 2.24) is 20.2 Å². The van der Waals surface area contributed by atoms with Gasteiger partial charge in [-0.05, 0) is 37.0 Å². The van der Waals surface area contributed by atoms with Gasteiger partial charge in [0.1, 0.15) is 11.9 Å². The van der Waals surface area contributed by atoms with E-state index in [-0.39, 0.29) is 17.7 Å². The van der Waals surface area contributed by atoms with Gasteiger partial charge >= 0.3 is 0 Å². The average molecular weight is 448 g/mol. The number of nitrogens with one attached hydrogen (secondary N) is 3. The first-order valence-corrected chi connectivity index (χ1v) is 11.4. The minimum Gasteiger partial charge on any atom is -0.354 e. The molecule has 33 heavy (non-hydrogen) atoms. The van der Waals surface area contributed by atoms with E-state index in [9.17, 15) is 14.4 Å². The molecule has 0 spiro atoms. The maximum absolute atomic E-state index is 13.4. The van der Waals surface area contributed by atoms with Crippen molar-refractivity contribution < 1.29 is 14.4 Å². The average Bonchev–Trinajstić information content (AvgIpc) is 2.97. The molecule has 1 aliphatic rings. The van der Waals surface area contributed by atoms with Crippen molar-refractivity contribution in [3.05, 3.63) is 59.4 Å². The number of hydrogen-bond acceptors (Lipinski definition) is 4. The molecule has 1 fully saturated rings. The Labute approximate surface area is 192 Å². The number of carbonyl (C=O) groups excluding carboxylic acids is 3. The Morgan fingerprint density at radius 3 is 2.73 bits per heavy atom. The number of aromatic nitrogens is 2. The molecule has 2 heterocycles. The maximum Gasteiger partial charge on any atom is 0.254 e. The van der Waals surface area contributed by atoms with E-state index in [1.165, 1.54) is 0 Å². The van der Waals surface area contributed by atoms with Gasteiger partial charge in [0, 0.05) is 32.1 Å². The fourth-order valence-electron chi connectivity index (χ4n) is 4.14. The van der Waals surface area contributed by atoms with Crippen LogP contribution < -0.4 is 16.0 Å². The maximum atomic E-state index is 13.4. The smallest absolute Gasteiger partial charge is 0.254 e. The minimum absolute atomic E-state index is 0.149. The zero-order valence-corrected chi connectivity index (χ0v) is 19.0. The van der Waals surface area contributed by atoms with Crippen LogP contribution in [-0.2, 0) is 23.1 Å². The summed E-state index contributed by atoms with van der Waals surface area (Å²) in [7, 11) is 1.88. The molecule has 1 atom stereocenters. The number of benzene rings is 2. The number of amides is 3. The minimum atomic E-state index is -0.582. The number of carbonyl (C=O) groups is 3. The van der Waals surface area contributed by atoms with Crippen molar-refractivity contribution >= 4 is 34.4 Å². The highest BCUT2D eigenvalue weighted by Gasteiger charge is 2.25. The van der Waals surface area contributed by atoms with Crippen molar-refractivity contribution in [2.45, 2.75) is 45.1 Å². The third kappa shape index (κ3) is 5.05. The lowest BCUT2D eigenvalue weighted by Gasteiger charge is -2.16. The Hall–Kier alpha value is -3.68. The van der Waals surface area contributed by atoms with Crippen LogP contribution in [0.1, 0.15) is 54.4 Å². The van der Waals surface area contributed by atoms with Crippen LogP contribution in [0.15, 0.2) is 42.5 Å². The molecule has 0 aliphatic carbocycles. The van der Waals surface area contributed by atoms with E-state index in [1.807, 2.05) is 41.9 Å². The summed E-state index contributed by atoms with van der Waals surface area (Å²) >= 11 is 0. The molecule has 1 aromatic heterocycles. The summed E-state index contributed by atoms with van der Waals surface area (Å²) in [6, 6.07) is 12.9. The third-order valence-electron chi connectivity index (χ3n) is 5.96. The van der Waals surface area contributed by atoms with Crippen molar-refractivity contribution in [1.29, 1.82) is 0 Å². The first-order valence-electron chi connectivity index (χ1n) is 11.4. The fourth-order valence-corrected chi connectivity index (χ4v) is 4.14. The van der Waals surface area contributed by atoms with Gasteiger partial charge in [-0.25, -0.2) is 4.98 Å². The Morgan fingerprint density at radius 1 is 1.18 bits per heavy atom. The summed E-state index contributed by atoms with van der Waals surface area (Å²) in [6.07, 6.45) is 3.28. The molecule has 3 N–H and O–H groups in total. The standard InChI is InChI=1S/C25H29N5O3/c1-3-22(31)27-17-14-18(24(32)29-19-11-7-8-12-26-25(19)33)23-20(15-17)28-21(30(23)2)13-16-9-5-4-6-10-16/h4-6,9-10,14-15,19H,3,7-8,11-13H2,1-2H3,(H,26,33)(H,27,31)(H,29,32)/t19-/m0/s1. The van der Waals surface area contributed by atoms with Crippen LogP contribution in [0.25, 0.3) is 11.0 Å². The number of anilines is 1. The second-order valence-electron chi connectivity index (χ2n) is 8.36. The summed E-state index contributed by atoms with van der Waals surface area (Å²) in [6.45, 7) is 2.39. The second kappa shape index (κ2) is 9.85. The van der Waals surface area contributed by atoms with Crippen molar-refractivity contribution in [3.8, 4) is 0 Å². The summed E-state index contributed by atoms with van der Waals surface area (Å²) in [5.74, 6) is 0.131. The normalized spacial score (nSPS) is 16.2. The third-order valence-corrected chi connectivity index (χ3v) is 5.96. The lowest BCUT2D eigenvalue weighted by Crippen LogP contribution is -2.45. The zero-order chi connectivity index (χ0) is 23.4. The Kier molecular flexibility index (Phi) is 6.72. The van der Waals surface area contributed by atoms with E-state index in [1.54, 1.807) is 19.1 Å². The lowest BCUT2D eigenvalue weighted by atomic mass is 10.1. The van der Waals surface area contributed by atoms with Gasteiger partial charge in [0.15, 0.2) is 0 Å². The number of nitrogens with zero attached hydrogens (tertiary/aromatic N) is 2. The molecule has 3 aromatic rings. The molecule has 1 aliphatic heterocycles. The summed E-state index contributed by atoms with van der Waals surface area (Å²) in [5.41, 5.74) is 3.28. The van der Waals surface area contributed by atoms with E-state index in [0.29, 0.717) is 48.1 Å². The number of imidazole rings is 1.